The highest BCUT2D eigenvalue weighted by molar-refractivity contribution is 9.10. The second-order valence-electron chi connectivity index (χ2n) is 3.47. The van der Waals surface area contributed by atoms with Gasteiger partial charge in [0.15, 0.2) is 0 Å². The molecule has 0 amide bonds. The Hall–Kier alpha value is -0.520. The van der Waals surface area contributed by atoms with Gasteiger partial charge in [0.05, 0.1) is 9.35 Å². The molecule has 17 heavy (non-hydrogen) atoms. The number of carbonyl (C=O) groups is 1. The lowest BCUT2D eigenvalue weighted by molar-refractivity contribution is 0.104. The van der Waals surface area contributed by atoms with E-state index >= 15 is 0 Å². The fourth-order valence-corrected chi connectivity index (χ4v) is 3.09. The zero-order valence-corrected chi connectivity index (χ0v) is 12.7. The predicted molar refractivity (Wildman–Crippen MR) is 74.3 cm³/mol. The summed E-state index contributed by atoms with van der Waals surface area (Å²) in [5, 5.41) is 0. The molecular formula is C12H7Br2FOS. The van der Waals surface area contributed by atoms with Crippen molar-refractivity contribution in [2.75, 3.05) is 0 Å². The van der Waals surface area contributed by atoms with Crippen molar-refractivity contribution in [2.24, 2.45) is 0 Å². The molecule has 0 aliphatic heterocycles. The second-order valence-corrected chi connectivity index (χ2v) is 6.44. The molecule has 0 fully saturated rings. The van der Waals surface area contributed by atoms with Gasteiger partial charge in [0.1, 0.15) is 5.82 Å². The normalized spacial score (nSPS) is 10.6. The number of carbonyl (C=O) groups excluding carboxylic acids is 1. The van der Waals surface area contributed by atoms with E-state index in [1.54, 1.807) is 12.1 Å². The molecule has 0 bridgehead atoms. The maximum Gasteiger partial charge on any atom is 0.203 e. The van der Waals surface area contributed by atoms with Crippen LogP contribution in [0.1, 0.15) is 20.1 Å². The largest absolute Gasteiger partial charge is 0.288 e. The van der Waals surface area contributed by atoms with Crippen LogP contribution < -0.4 is 0 Å². The average molecular weight is 378 g/mol. The van der Waals surface area contributed by atoms with Crippen LogP contribution in [0.2, 0.25) is 0 Å². The number of thiophene rings is 1. The van der Waals surface area contributed by atoms with Gasteiger partial charge in [-0.2, -0.15) is 0 Å². The number of rotatable bonds is 2. The smallest absolute Gasteiger partial charge is 0.203 e. The molecule has 0 saturated heterocycles. The fraction of sp³-hybridized carbons (Fsp3) is 0.0833. The molecule has 1 heterocycles. The Morgan fingerprint density at radius 3 is 2.47 bits per heavy atom. The maximum absolute atomic E-state index is 13.3. The quantitative estimate of drug-likeness (QED) is 0.676. The van der Waals surface area contributed by atoms with E-state index in [0.29, 0.717) is 14.9 Å². The summed E-state index contributed by atoms with van der Waals surface area (Å²) in [6.45, 7) is 1.92. The minimum absolute atomic E-state index is 0.157. The van der Waals surface area contributed by atoms with E-state index in [1.165, 1.54) is 23.5 Å². The van der Waals surface area contributed by atoms with Crippen molar-refractivity contribution in [3.05, 3.63) is 54.3 Å². The van der Waals surface area contributed by atoms with Crippen LogP contribution in [0.4, 0.5) is 4.39 Å². The van der Waals surface area contributed by atoms with Gasteiger partial charge in [-0.3, -0.25) is 4.79 Å². The lowest BCUT2D eigenvalue weighted by atomic mass is 10.1. The third-order valence-corrected chi connectivity index (χ3v) is 5.04. The highest BCUT2D eigenvalue weighted by atomic mass is 79.9. The molecule has 1 aromatic heterocycles. The van der Waals surface area contributed by atoms with Gasteiger partial charge in [0.25, 0.3) is 0 Å². The number of hydrogen-bond acceptors (Lipinski definition) is 2. The molecule has 0 spiro atoms. The van der Waals surface area contributed by atoms with Crippen LogP contribution in [-0.2, 0) is 0 Å². The first-order chi connectivity index (χ1) is 7.99. The van der Waals surface area contributed by atoms with Crippen LogP contribution in [-0.4, -0.2) is 5.78 Å². The fourth-order valence-electron chi connectivity index (χ4n) is 1.35. The molecule has 0 saturated carbocycles. The summed E-state index contributed by atoms with van der Waals surface area (Å²) in [5.41, 5.74) is 0.361. The Morgan fingerprint density at radius 1 is 1.24 bits per heavy atom. The first-order valence-corrected chi connectivity index (χ1v) is 7.15. The molecule has 0 atom stereocenters. The minimum atomic E-state index is -0.428. The van der Waals surface area contributed by atoms with Gasteiger partial charge in [0.2, 0.25) is 5.78 Å². The molecule has 88 valence electrons. The third kappa shape index (κ3) is 2.67. The number of ketones is 1. The van der Waals surface area contributed by atoms with Gasteiger partial charge < -0.3 is 0 Å². The molecule has 0 N–H and O–H groups in total. The molecule has 0 aliphatic carbocycles. The summed E-state index contributed by atoms with van der Waals surface area (Å²) < 4.78 is 14.6. The van der Waals surface area contributed by atoms with E-state index in [-0.39, 0.29) is 5.78 Å². The van der Waals surface area contributed by atoms with Crippen molar-refractivity contribution in [2.45, 2.75) is 6.92 Å². The van der Waals surface area contributed by atoms with Crippen LogP contribution in [0.25, 0.3) is 0 Å². The van der Waals surface area contributed by atoms with Crippen molar-refractivity contribution in [3.63, 3.8) is 0 Å². The molecular weight excluding hydrogens is 371 g/mol. The van der Waals surface area contributed by atoms with Crippen LogP contribution in [0.3, 0.4) is 0 Å². The zero-order valence-electron chi connectivity index (χ0n) is 8.76. The van der Waals surface area contributed by atoms with Crippen molar-refractivity contribution in [1.82, 2.24) is 0 Å². The van der Waals surface area contributed by atoms with Crippen molar-refractivity contribution in [3.8, 4) is 0 Å². The summed E-state index contributed by atoms with van der Waals surface area (Å²) in [4.78, 5) is 13.7. The highest BCUT2D eigenvalue weighted by Crippen LogP contribution is 2.28. The van der Waals surface area contributed by atoms with Crippen molar-refractivity contribution in [1.29, 1.82) is 0 Å². The average Bonchev–Trinajstić information content (AvgIpc) is 2.62. The second kappa shape index (κ2) is 5.00. The third-order valence-electron chi connectivity index (χ3n) is 2.26. The van der Waals surface area contributed by atoms with Gasteiger partial charge in [-0.15, -0.1) is 11.3 Å². The SMILES string of the molecule is Cc1sc(C(=O)c2ccc(Br)c(F)c2)cc1Br. The molecule has 1 nitrogen and oxygen atoms in total. The molecule has 2 aromatic rings. The Morgan fingerprint density at radius 2 is 1.94 bits per heavy atom. The lowest BCUT2D eigenvalue weighted by Gasteiger charge is -1.99. The van der Waals surface area contributed by atoms with Gasteiger partial charge in [-0.05, 0) is 63.0 Å². The van der Waals surface area contributed by atoms with Crippen LogP contribution >= 0.6 is 43.2 Å². The van der Waals surface area contributed by atoms with Gasteiger partial charge in [-0.25, -0.2) is 4.39 Å². The van der Waals surface area contributed by atoms with Crippen molar-refractivity contribution >= 4 is 49.0 Å². The number of aryl methyl sites for hydroxylation is 1. The van der Waals surface area contributed by atoms with Crippen LogP contribution in [0, 0.1) is 12.7 Å². The summed E-state index contributed by atoms with van der Waals surface area (Å²) in [6, 6.07) is 6.16. The number of benzene rings is 1. The summed E-state index contributed by atoms with van der Waals surface area (Å²) in [7, 11) is 0. The van der Waals surface area contributed by atoms with Crippen molar-refractivity contribution < 1.29 is 9.18 Å². The topological polar surface area (TPSA) is 17.1 Å². The van der Waals surface area contributed by atoms with E-state index in [4.69, 9.17) is 0 Å². The summed E-state index contributed by atoms with van der Waals surface area (Å²) in [5.74, 6) is -0.585. The van der Waals surface area contributed by atoms with Gasteiger partial charge in [-0.1, -0.05) is 0 Å². The van der Waals surface area contributed by atoms with E-state index in [2.05, 4.69) is 31.9 Å². The Balaban J connectivity index is 2.40. The lowest BCUT2D eigenvalue weighted by Crippen LogP contribution is -1.99. The standard InChI is InChI=1S/C12H7Br2FOS/c1-6-9(14)5-11(17-6)12(16)7-2-3-8(13)10(15)4-7/h2-5H,1H3. The molecule has 0 aliphatic rings. The predicted octanol–water partition coefficient (Wildman–Crippen LogP) is 4.95. The highest BCUT2D eigenvalue weighted by Gasteiger charge is 2.14. The van der Waals surface area contributed by atoms with E-state index in [0.717, 1.165) is 9.35 Å². The van der Waals surface area contributed by atoms with E-state index < -0.39 is 5.82 Å². The Labute approximate surface area is 119 Å². The molecule has 0 unspecified atom stereocenters. The molecule has 0 radical (unpaired) electrons. The van der Waals surface area contributed by atoms with E-state index in [1.807, 2.05) is 6.92 Å². The first-order valence-electron chi connectivity index (χ1n) is 4.74. The zero-order chi connectivity index (χ0) is 12.6. The Bertz CT molecular complexity index is 573. The Kier molecular flexibility index (Phi) is 3.80. The van der Waals surface area contributed by atoms with Crippen LogP contribution in [0.5, 0.6) is 0 Å². The first kappa shape index (κ1) is 12.9. The van der Waals surface area contributed by atoms with E-state index in [9.17, 15) is 9.18 Å². The number of hydrogen-bond donors (Lipinski definition) is 0. The minimum Gasteiger partial charge on any atom is -0.288 e. The van der Waals surface area contributed by atoms with Crippen LogP contribution in [0.15, 0.2) is 33.2 Å². The maximum atomic E-state index is 13.3. The summed E-state index contributed by atoms with van der Waals surface area (Å²) in [6.07, 6.45) is 0. The molecule has 2 rings (SSSR count). The molecule has 5 heteroatoms. The number of halogens is 3. The van der Waals surface area contributed by atoms with Gasteiger partial charge >= 0.3 is 0 Å². The monoisotopic (exact) mass is 376 g/mol. The van der Waals surface area contributed by atoms with Gasteiger partial charge in [0, 0.05) is 14.9 Å². The summed E-state index contributed by atoms with van der Waals surface area (Å²) >= 11 is 7.82. The molecule has 1 aromatic carbocycles.